The van der Waals surface area contributed by atoms with Gasteiger partial charge in [0.2, 0.25) is 11.7 Å². The summed E-state index contributed by atoms with van der Waals surface area (Å²) in [5.41, 5.74) is 3.04. The zero-order valence-corrected chi connectivity index (χ0v) is 16.6. The van der Waals surface area contributed by atoms with Gasteiger partial charge >= 0.3 is 0 Å². The van der Waals surface area contributed by atoms with Crippen LogP contribution in [-0.4, -0.2) is 26.1 Å². The molecule has 1 amide bonds. The number of hydrogen-bond donors (Lipinski definition) is 1. The fourth-order valence-electron chi connectivity index (χ4n) is 3.31. The van der Waals surface area contributed by atoms with Crippen molar-refractivity contribution in [2.45, 2.75) is 25.4 Å². The third kappa shape index (κ3) is 4.97. The minimum absolute atomic E-state index is 0.00361. The largest absolute Gasteiger partial charge is 0.345 e. The Morgan fingerprint density at radius 1 is 0.833 bits per heavy atom. The molecule has 0 bridgehead atoms. The zero-order chi connectivity index (χ0) is 20.6. The first kappa shape index (κ1) is 19.5. The van der Waals surface area contributed by atoms with Gasteiger partial charge in [-0.15, -0.1) is 10.2 Å². The molecule has 0 saturated heterocycles. The summed E-state index contributed by atoms with van der Waals surface area (Å²) in [5.74, 6) is 0.587. The number of nitrogens with one attached hydrogen (secondary N) is 1. The van der Waals surface area contributed by atoms with Crippen molar-refractivity contribution in [1.29, 1.82) is 0 Å². The van der Waals surface area contributed by atoms with E-state index in [1.54, 1.807) is 4.80 Å². The van der Waals surface area contributed by atoms with E-state index >= 15 is 0 Å². The van der Waals surface area contributed by atoms with Crippen molar-refractivity contribution >= 4 is 5.91 Å². The molecular weight excluding hydrogens is 374 g/mol. The van der Waals surface area contributed by atoms with Crippen LogP contribution in [0.15, 0.2) is 91.0 Å². The lowest BCUT2D eigenvalue weighted by atomic mass is 9.98. The fraction of sp³-hybridized carbons (Fsp3) is 0.167. The van der Waals surface area contributed by atoms with E-state index in [1.165, 1.54) is 0 Å². The van der Waals surface area contributed by atoms with Gasteiger partial charge in [-0.3, -0.25) is 4.79 Å². The van der Waals surface area contributed by atoms with Crippen LogP contribution in [0.1, 0.15) is 30.0 Å². The molecule has 0 spiro atoms. The van der Waals surface area contributed by atoms with Crippen LogP contribution in [-0.2, 0) is 11.3 Å². The summed E-state index contributed by atoms with van der Waals surface area (Å²) in [6.07, 6.45) is 1.02. The number of rotatable bonds is 8. The van der Waals surface area contributed by atoms with Gasteiger partial charge in [0.05, 0.1) is 12.6 Å². The molecule has 6 nitrogen and oxygen atoms in total. The highest BCUT2D eigenvalue weighted by Gasteiger charge is 2.16. The molecule has 4 aromatic rings. The monoisotopic (exact) mass is 397 g/mol. The first-order chi connectivity index (χ1) is 14.8. The maximum atomic E-state index is 12.6. The van der Waals surface area contributed by atoms with Crippen molar-refractivity contribution in [3.05, 3.63) is 102 Å². The van der Waals surface area contributed by atoms with Gasteiger partial charge in [-0.05, 0) is 22.8 Å². The number of carbonyl (C=O) groups is 1. The number of amides is 1. The zero-order valence-electron chi connectivity index (χ0n) is 16.6. The van der Waals surface area contributed by atoms with Crippen molar-refractivity contribution in [3.63, 3.8) is 0 Å². The van der Waals surface area contributed by atoms with E-state index in [2.05, 4.69) is 20.7 Å². The quantitative estimate of drug-likeness (QED) is 0.487. The van der Waals surface area contributed by atoms with Crippen molar-refractivity contribution in [3.8, 4) is 11.4 Å². The van der Waals surface area contributed by atoms with Crippen LogP contribution in [0.5, 0.6) is 0 Å². The molecule has 6 heteroatoms. The lowest BCUT2D eigenvalue weighted by Gasteiger charge is -2.20. The predicted molar refractivity (Wildman–Crippen MR) is 115 cm³/mol. The van der Waals surface area contributed by atoms with E-state index in [0.29, 0.717) is 25.2 Å². The van der Waals surface area contributed by atoms with E-state index < -0.39 is 0 Å². The van der Waals surface area contributed by atoms with Crippen LogP contribution in [0.4, 0.5) is 0 Å². The molecule has 0 aliphatic rings. The van der Waals surface area contributed by atoms with Gasteiger partial charge in [-0.25, -0.2) is 0 Å². The molecule has 0 saturated carbocycles. The molecule has 0 aliphatic heterocycles. The molecule has 0 unspecified atom stereocenters. The van der Waals surface area contributed by atoms with Crippen LogP contribution in [0.25, 0.3) is 11.4 Å². The summed E-state index contributed by atoms with van der Waals surface area (Å²) in [4.78, 5) is 14.2. The lowest BCUT2D eigenvalue weighted by Crippen LogP contribution is -2.29. The number of hydrogen-bond acceptors (Lipinski definition) is 4. The van der Waals surface area contributed by atoms with E-state index in [-0.39, 0.29) is 11.9 Å². The Labute approximate surface area is 175 Å². The van der Waals surface area contributed by atoms with E-state index in [9.17, 15) is 4.79 Å². The van der Waals surface area contributed by atoms with Crippen LogP contribution in [0, 0.1) is 0 Å². The summed E-state index contributed by atoms with van der Waals surface area (Å²) in [6.45, 7) is 0.536. The molecule has 0 radical (unpaired) electrons. The number of tetrazole rings is 1. The molecule has 30 heavy (non-hydrogen) atoms. The van der Waals surface area contributed by atoms with Crippen LogP contribution >= 0.6 is 0 Å². The second-order valence-corrected chi connectivity index (χ2v) is 7.00. The van der Waals surface area contributed by atoms with E-state index in [4.69, 9.17) is 0 Å². The second-order valence-electron chi connectivity index (χ2n) is 7.00. The first-order valence-electron chi connectivity index (χ1n) is 10.0. The summed E-state index contributed by atoms with van der Waals surface area (Å²) in [7, 11) is 0. The second kappa shape index (κ2) is 9.60. The molecule has 1 heterocycles. The normalized spacial score (nSPS) is 10.8. The molecule has 1 aromatic heterocycles. The average molecular weight is 397 g/mol. The molecule has 4 rings (SSSR count). The van der Waals surface area contributed by atoms with Gasteiger partial charge in [-0.2, -0.15) is 4.80 Å². The first-order valence-corrected chi connectivity index (χ1v) is 10.0. The van der Waals surface area contributed by atoms with Gasteiger partial charge in [0, 0.05) is 12.0 Å². The highest BCUT2D eigenvalue weighted by molar-refractivity contribution is 5.77. The van der Waals surface area contributed by atoms with Gasteiger partial charge in [0.15, 0.2) is 0 Å². The molecular formula is C24H23N5O. The van der Waals surface area contributed by atoms with Crippen LogP contribution in [0.2, 0.25) is 0 Å². The number of aryl methyl sites for hydroxylation is 1. The molecule has 3 aromatic carbocycles. The number of benzene rings is 3. The Hall–Kier alpha value is -3.80. The maximum absolute atomic E-state index is 12.6. The van der Waals surface area contributed by atoms with Gasteiger partial charge < -0.3 is 5.32 Å². The highest BCUT2D eigenvalue weighted by atomic mass is 16.1. The van der Waals surface area contributed by atoms with Crippen LogP contribution in [0.3, 0.4) is 0 Å². The van der Waals surface area contributed by atoms with Crippen molar-refractivity contribution in [2.75, 3.05) is 0 Å². The Kier molecular flexibility index (Phi) is 6.25. The summed E-state index contributed by atoms with van der Waals surface area (Å²) < 4.78 is 0. The number of aromatic nitrogens is 4. The molecule has 0 aliphatic carbocycles. The molecule has 1 N–H and O–H groups in total. The topological polar surface area (TPSA) is 72.7 Å². The van der Waals surface area contributed by atoms with E-state index in [1.807, 2.05) is 91.0 Å². The van der Waals surface area contributed by atoms with Crippen molar-refractivity contribution < 1.29 is 4.79 Å². The number of nitrogens with zero attached hydrogens (tertiary/aromatic N) is 4. The minimum Gasteiger partial charge on any atom is -0.345 e. The fourth-order valence-corrected chi connectivity index (χ4v) is 3.31. The predicted octanol–water partition coefficient (Wildman–Crippen LogP) is 4.03. The standard InChI is InChI=1S/C24H23N5O/c30-22(17-10-18-29-27-24(26-28-29)21-15-8-3-9-16-21)25-23(19-11-4-1-5-12-19)20-13-6-2-7-14-20/h1-9,11-16,23H,10,17-18H2,(H,25,30). The van der Waals surface area contributed by atoms with Crippen LogP contribution < -0.4 is 5.32 Å². The summed E-state index contributed by atoms with van der Waals surface area (Å²) >= 11 is 0. The molecule has 0 atom stereocenters. The third-order valence-electron chi connectivity index (χ3n) is 4.82. The maximum Gasteiger partial charge on any atom is 0.220 e. The Bertz CT molecular complexity index is 1020. The highest BCUT2D eigenvalue weighted by Crippen LogP contribution is 2.22. The third-order valence-corrected chi connectivity index (χ3v) is 4.82. The van der Waals surface area contributed by atoms with Gasteiger partial charge in [0.25, 0.3) is 0 Å². The average Bonchev–Trinajstić information content (AvgIpc) is 3.28. The summed E-state index contributed by atoms with van der Waals surface area (Å²) in [5, 5.41) is 15.7. The molecule has 0 fully saturated rings. The van der Waals surface area contributed by atoms with Gasteiger partial charge in [-0.1, -0.05) is 91.0 Å². The Morgan fingerprint density at radius 2 is 1.40 bits per heavy atom. The van der Waals surface area contributed by atoms with Gasteiger partial charge in [0.1, 0.15) is 0 Å². The smallest absolute Gasteiger partial charge is 0.220 e. The minimum atomic E-state index is -0.172. The number of carbonyl (C=O) groups excluding carboxylic acids is 1. The Balaban J connectivity index is 1.35. The SMILES string of the molecule is O=C(CCCn1nnc(-c2ccccc2)n1)NC(c1ccccc1)c1ccccc1. The van der Waals surface area contributed by atoms with E-state index in [0.717, 1.165) is 16.7 Å². The lowest BCUT2D eigenvalue weighted by molar-refractivity contribution is -0.121. The molecule has 150 valence electrons. The van der Waals surface area contributed by atoms with Crippen molar-refractivity contribution in [2.24, 2.45) is 0 Å². The Morgan fingerprint density at radius 3 is 2.00 bits per heavy atom. The van der Waals surface area contributed by atoms with Crippen molar-refractivity contribution in [1.82, 2.24) is 25.5 Å². The summed E-state index contributed by atoms with van der Waals surface area (Å²) in [6, 6.07) is 29.6.